The van der Waals surface area contributed by atoms with Crippen LogP contribution in [0, 0.1) is 11.6 Å². The van der Waals surface area contributed by atoms with Gasteiger partial charge in [-0.25, -0.2) is 13.8 Å². The number of aromatic nitrogens is 1. The third-order valence-corrected chi connectivity index (χ3v) is 6.96. The number of unbranched alkanes of at least 4 members (excludes halogenated alkanes) is 2. The van der Waals surface area contributed by atoms with Gasteiger partial charge in [0, 0.05) is 37.8 Å². The van der Waals surface area contributed by atoms with Gasteiger partial charge in [0.05, 0.1) is 24.5 Å². The molecule has 9 heteroatoms. The molecule has 6 nitrogen and oxygen atoms in total. The number of morpholine rings is 1. The number of ether oxygens (including phenoxy) is 2. The number of fused-ring (bicyclic) bond motifs is 1. The number of anilines is 1. The number of hydrogen-bond donors (Lipinski definition) is 0. The molecular formula is C26H31F2N3O3S. The molecule has 3 aromatic rings. The standard InChI is InChI=1S/C26H31F2N3O3S/c1-2-3-4-13-34-21-8-5-7-19(16-21)25(32)31(10-6-9-30-11-14-33-15-12-30)26-29-24-22(28)17-20(27)18-23(24)35-26/h5,7-8,16-18H,2-4,6,9-15H2,1H3. The maximum absolute atomic E-state index is 14.3. The Hall–Kier alpha value is -2.62. The van der Waals surface area contributed by atoms with Crippen LogP contribution in [0.3, 0.4) is 0 Å². The third-order valence-electron chi connectivity index (χ3n) is 5.94. The number of amides is 1. The number of nitrogens with zero attached hydrogens (tertiary/aromatic N) is 3. The van der Waals surface area contributed by atoms with Crippen molar-refractivity contribution >= 4 is 32.6 Å². The zero-order valence-corrected chi connectivity index (χ0v) is 20.8. The highest BCUT2D eigenvalue weighted by Gasteiger charge is 2.23. The van der Waals surface area contributed by atoms with Crippen LogP contribution in [0.15, 0.2) is 36.4 Å². The van der Waals surface area contributed by atoms with Crippen molar-refractivity contribution in [1.29, 1.82) is 0 Å². The van der Waals surface area contributed by atoms with Crippen molar-refractivity contribution in [3.05, 3.63) is 53.6 Å². The zero-order valence-electron chi connectivity index (χ0n) is 20.0. The molecule has 0 aliphatic carbocycles. The van der Waals surface area contributed by atoms with E-state index in [2.05, 4.69) is 16.8 Å². The second-order valence-corrected chi connectivity index (χ2v) is 9.59. The molecule has 0 unspecified atom stereocenters. The summed E-state index contributed by atoms with van der Waals surface area (Å²) in [7, 11) is 0. The minimum Gasteiger partial charge on any atom is -0.494 e. The van der Waals surface area contributed by atoms with Crippen LogP contribution in [0.4, 0.5) is 13.9 Å². The van der Waals surface area contributed by atoms with Gasteiger partial charge in [0.1, 0.15) is 17.1 Å². The Bertz CT molecular complexity index is 1130. The fourth-order valence-electron chi connectivity index (χ4n) is 4.04. The summed E-state index contributed by atoms with van der Waals surface area (Å²) in [4.78, 5) is 21.9. The van der Waals surface area contributed by atoms with Gasteiger partial charge in [-0.3, -0.25) is 14.6 Å². The van der Waals surface area contributed by atoms with Crippen molar-refractivity contribution in [1.82, 2.24) is 9.88 Å². The van der Waals surface area contributed by atoms with Crippen LogP contribution in [0.5, 0.6) is 5.75 Å². The van der Waals surface area contributed by atoms with E-state index >= 15 is 0 Å². The summed E-state index contributed by atoms with van der Waals surface area (Å²) in [6.07, 6.45) is 3.86. The normalized spacial score (nSPS) is 14.4. The summed E-state index contributed by atoms with van der Waals surface area (Å²) >= 11 is 1.12. The number of benzene rings is 2. The lowest BCUT2D eigenvalue weighted by molar-refractivity contribution is 0.0376. The number of halogens is 2. The van der Waals surface area contributed by atoms with E-state index in [1.807, 2.05) is 6.07 Å². The first-order chi connectivity index (χ1) is 17.0. The van der Waals surface area contributed by atoms with Gasteiger partial charge in [0.2, 0.25) is 0 Å². The van der Waals surface area contributed by atoms with E-state index in [-0.39, 0.29) is 11.4 Å². The van der Waals surface area contributed by atoms with E-state index in [0.29, 0.717) is 53.9 Å². The van der Waals surface area contributed by atoms with Gasteiger partial charge < -0.3 is 9.47 Å². The van der Waals surface area contributed by atoms with E-state index in [9.17, 15) is 13.6 Å². The Morgan fingerprint density at radius 3 is 2.80 bits per heavy atom. The Morgan fingerprint density at radius 2 is 2.00 bits per heavy atom. The van der Waals surface area contributed by atoms with Gasteiger partial charge in [-0.1, -0.05) is 37.2 Å². The van der Waals surface area contributed by atoms with Crippen LogP contribution >= 0.6 is 11.3 Å². The fraction of sp³-hybridized carbons (Fsp3) is 0.462. The van der Waals surface area contributed by atoms with Crippen LogP contribution in [0.25, 0.3) is 10.2 Å². The molecule has 0 saturated carbocycles. The van der Waals surface area contributed by atoms with Crippen molar-refractivity contribution in [2.24, 2.45) is 0 Å². The molecule has 2 heterocycles. The maximum atomic E-state index is 14.3. The van der Waals surface area contributed by atoms with Gasteiger partial charge >= 0.3 is 0 Å². The van der Waals surface area contributed by atoms with Crippen molar-refractivity contribution in [3.8, 4) is 5.75 Å². The second-order valence-electron chi connectivity index (χ2n) is 8.58. The van der Waals surface area contributed by atoms with Gasteiger partial charge in [0.25, 0.3) is 5.91 Å². The molecule has 4 rings (SSSR count). The second kappa shape index (κ2) is 12.4. The van der Waals surface area contributed by atoms with Gasteiger partial charge in [-0.2, -0.15) is 0 Å². The molecule has 188 valence electrons. The molecular weight excluding hydrogens is 472 g/mol. The minimum absolute atomic E-state index is 0.0744. The Morgan fingerprint density at radius 1 is 1.17 bits per heavy atom. The Balaban J connectivity index is 1.55. The molecule has 1 fully saturated rings. The van der Waals surface area contributed by atoms with E-state index in [1.165, 1.54) is 6.07 Å². The van der Waals surface area contributed by atoms with Gasteiger partial charge in [-0.15, -0.1) is 0 Å². The molecule has 1 aromatic heterocycles. The van der Waals surface area contributed by atoms with Crippen LogP contribution in [-0.4, -0.2) is 61.8 Å². The molecule has 35 heavy (non-hydrogen) atoms. The highest BCUT2D eigenvalue weighted by Crippen LogP contribution is 2.32. The van der Waals surface area contributed by atoms with E-state index in [4.69, 9.17) is 9.47 Å². The van der Waals surface area contributed by atoms with E-state index < -0.39 is 11.6 Å². The SMILES string of the molecule is CCCCCOc1cccc(C(=O)N(CCCN2CCOCC2)c2nc3c(F)cc(F)cc3s2)c1. The maximum Gasteiger partial charge on any atom is 0.260 e. The summed E-state index contributed by atoms with van der Waals surface area (Å²) in [6, 6.07) is 9.17. The lowest BCUT2D eigenvalue weighted by atomic mass is 10.2. The molecule has 0 radical (unpaired) electrons. The number of hydrogen-bond acceptors (Lipinski definition) is 6. The Labute approximate surface area is 208 Å². The van der Waals surface area contributed by atoms with Crippen LogP contribution in [-0.2, 0) is 4.74 Å². The Kier molecular flexibility index (Phi) is 9.01. The summed E-state index contributed by atoms with van der Waals surface area (Å²) in [5, 5.41) is 0.353. The van der Waals surface area contributed by atoms with E-state index in [0.717, 1.165) is 56.3 Å². The molecule has 2 aromatic carbocycles. The number of carbonyl (C=O) groups is 1. The van der Waals surface area contributed by atoms with Gasteiger partial charge in [0.15, 0.2) is 10.9 Å². The first kappa shape index (κ1) is 25.5. The minimum atomic E-state index is -0.731. The smallest absolute Gasteiger partial charge is 0.260 e. The lowest BCUT2D eigenvalue weighted by Gasteiger charge is -2.27. The zero-order chi connectivity index (χ0) is 24.6. The highest BCUT2D eigenvalue weighted by molar-refractivity contribution is 7.22. The molecule has 0 N–H and O–H groups in total. The average Bonchev–Trinajstić information content (AvgIpc) is 3.29. The molecule has 1 saturated heterocycles. The largest absolute Gasteiger partial charge is 0.494 e. The molecule has 0 bridgehead atoms. The molecule has 1 amide bonds. The van der Waals surface area contributed by atoms with Crippen molar-refractivity contribution in [2.45, 2.75) is 32.6 Å². The molecule has 0 spiro atoms. The van der Waals surface area contributed by atoms with Crippen molar-refractivity contribution < 1.29 is 23.0 Å². The van der Waals surface area contributed by atoms with Crippen LogP contribution < -0.4 is 9.64 Å². The molecule has 1 aliphatic rings. The van der Waals surface area contributed by atoms with Crippen molar-refractivity contribution in [3.63, 3.8) is 0 Å². The van der Waals surface area contributed by atoms with Crippen LogP contribution in [0.2, 0.25) is 0 Å². The predicted octanol–water partition coefficient (Wildman–Crippen LogP) is 5.51. The molecule has 0 atom stereocenters. The monoisotopic (exact) mass is 503 g/mol. The fourth-order valence-corrected chi connectivity index (χ4v) is 5.07. The summed E-state index contributed by atoms with van der Waals surface area (Å²) in [5.41, 5.74) is 0.542. The molecule has 1 aliphatic heterocycles. The lowest BCUT2D eigenvalue weighted by Crippen LogP contribution is -2.39. The first-order valence-electron chi connectivity index (χ1n) is 12.2. The van der Waals surface area contributed by atoms with Crippen molar-refractivity contribution in [2.75, 3.05) is 50.9 Å². The summed E-state index contributed by atoms with van der Waals surface area (Å²) in [5.74, 6) is -1.00. The summed E-state index contributed by atoms with van der Waals surface area (Å²) < 4.78 is 39.7. The summed E-state index contributed by atoms with van der Waals surface area (Å²) in [6.45, 7) is 7.07. The number of thiazole rings is 1. The van der Waals surface area contributed by atoms with Crippen LogP contribution in [0.1, 0.15) is 43.0 Å². The van der Waals surface area contributed by atoms with E-state index in [1.54, 1.807) is 23.1 Å². The quantitative estimate of drug-likeness (QED) is 0.323. The average molecular weight is 504 g/mol. The third kappa shape index (κ3) is 6.74. The number of carbonyl (C=O) groups excluding carboxylic acids is 1. The highest BCUT2D eigenvalue weighted by atomic mass is 32.1. The van der Waals surface area contributed by atoms with Gasteiger partial charge in [-0.05, 0) is 37.1 Å². The number of rotatable bonds is 11. The predicted molar refractivity (Wildman–Crippen MR) is 135 cm³/mol. The first-order valence-corrected chi connectivity index (χ1v) is 13.0. The topological polar surface area (TPSA) is 54.9 Å².